The third-order valence-electron chi connectivity index (χ3n) is 5.36. The Morgan fingerprint density at radius 1 is 1.24 bits per heavy atom. The van der Waals surface area contributed by atoms with Crippen LogP contribution in [0.4, 0.5) is 0 Å². The summed E-state index contributed by atoms with van der Waals surface area (Å²) in [4.78, 5) is 2.69. The molecule has 2 saturated heterocycles. The third-order valence-corrected chi connectivity index (χ3v) is 6.90. The zero-order chi connectivity index (χ0) is 17.4. The fraction of sp³-hybridized carbons (Fsp3) is 0.667. The van der Waals surface area contributed by atoms with Gasteiger partial charge in [0.1, 0.15) is 5.75 Å². The van der Waals surface area contributed by atoms with Crippen molar-refractivity contribution < 1.29 is 17.9 Å². The summed E-state index contributed by atoms with van der Waals surface area (Å²) < 4.78 is 39.5. The van der Waals surface area contributed by atoms with Crippen LogP contribution in [-0.2, 0) is 14.8 Å². The molecule has 6 nitrogen and oxygen atoms in total. The Balaban J connectivity index is 1.38. The average Bonchev–Trinajstić information content (AvgIpc) is 3.36. The number of hydrogen-bond donors (Lipinski definition) is 1. The third kappa shape index (κ3) is 3.84. The Kier molecular flexibility index (Phi) is 4.75. The molecular formula is C18H26N2O4S. The summed E-state index contributed by atoms with van der Waals surface area (Å²) in [5.41, 5.74) is 0. The van der Waals surface area contributed by atoms with Gasteiger partial charge in [0.15, 0.2) is 0 Å². The molecule has 1 aliphatic carbocycles. The standard InChI is InChI=1S/C18H26N2O4S/c1-2-23-16-5-7-17(8-6-16)25(21,22)19-14-9-15-12-24-18(13-3-4-13)11-20(15)10-14/h5-8,13-15,18-19H,2-4,9-12H2,1H3/t14-,15-,18-/m0/s1. The first-order valence-corrected chi connectivity index (χ1v) is 10.6. The summed E-state index contributed by atoms with van der Waals surface area (Å²) in [6.07, 6.45) is 3.71. The molecular weight excluding hydrogens is 340 g/mol. The minimum absolute atomic E-state index is 0.0527. The normalized spacial score (nSPS) is 30.2. The second-order valence-electron chi connectivity index (χ2n) is 7.28. The van der Waals surface area contributed by atoms with Crippen LogP contribution < -0.4 is 9.46 Å². The van der Waals surface area contributed by atoms with Gasteiger partial charge in [0.05, 0.1) is 24.2 Å². The summed E-state index contributed by atoms with van der Waals surface area (Å²) in [5, 5.41) is 0. The maximum atomic E-state index is 12.6. The van der Waals surface area contributed by atoms with Crippen molar-refractivity contribution in [2.75, 3.05) is 26.3 Å². The largest absolute Gasteiger partial charge is 0.494 e. The lowest BCUT2D eigenvalue weighted by Gasteiger charge is -2.35. The highest BCUT2D eigenvalue weighted by molar-refractivity contribution is 7.89. The number of hydrogen-bond acceptors (Lipinski definition) is 5. The van der Waals surface area contributed by atoms with Gasteiger partial charge in [-0.3, -0.25) is 4.90 Å². The van der Waals surface area contributed by atoms with Crippen LogP contribution in [0.1, 0.15) is 26.2 Å². The lowest BCUT2D eigenvalue weighted by Crippen LogP contribution is -2.47. The Hall–Kier alpha value is -1.15. The molecule has 0 spiro atoms. The van der Waals surface area contributed by atoms with E-state index in [1.807, 2.05) is 6.92 Å². The van der Waals surface area contributed by atoms with Crippen molar-refractivity contribution in [3.63, 3.8) is 0 Å². The number of benzene rings is 1. The van der Waals surface area contributed by atoms with Crippen molar-refractivity contribution in [2.24, 2.45) is 5.92 Å². The van der Waals surface area contributed by atoms with Gasteiger partial charge < -0.3 is 9.47 Å². The fourth-order valence-corrected chi connectivity index (χ4v) is 5.15. The van der Waals surface area contributed by atoms with Crippen molar-refractivity contribution >= 4 is 10.0 Å². The molecule has 2 heterocycles. The van der Waals surface area contributed by atoms with Crippen LogP contribution in [0.2, 0.25) is 0 Å². The first-order valence-electron chi connectivity index (χ1n) is 9.16. The molecule has 25 heavy (non-hydrogen) atoms. The molecule has 0 amide bonds. The van der Waals surface area contributed by atoms with Crippen LogP contribution in [0.5, 0.6) is 5.75 Å². The number of ether oxygens (including phenoxy) is 2. The monoisotopic (exact) mass is 366 g/mol. The second-order valence-corrected chi connectivity index (χ2v) is 8.99. The number of nitrogens with one attached hydrogen (secondary N) is 1. The highest BCUT2D eigenvalue weighted by Crippen LogP contribution is 2.38. The molecule has 138 valence electrons. The van der Waals surface area contributed by atoms with Crippen molar-refractivity contribution in [1.82, 2.24) is 9.62 Å². The molecule has 7 heteroatoms. The Morgan fingerprint density at radius 2 is 2.00 bits per heavy atom. The summed E-state index contributed by atoms with van der Waals surface area (Å²) in [5.74, 6) is 1.41. The molecule has 1 aromatic rings. The molecule has 0 bridgehead atoms. The van der Waals surface area contributed by atoms with E-state index >= 15 is 0 Å². The van der Waals surface area contributed by atoms with Crippen LogP contribution in [0.3, 0.4) is 0 Å². The molecule has 3 fully saturated rings. The Morgan fingerprint density at radius 3 is 2.68 bits per heavy atom. The molecule has 1 N–H and O–H groups in total. The summed E-state index contributed by atoms with van der Waals surface area (Å²) in [6, 6.07) is 6.88. The lowest BCUT2D eigenvalue weighted by molar-refractivity contribution is -0.0581. The van der Waals surface area contributed by atoms with E-state index in [0.29, 0.717) is 24.5 Å². The number of rotatable bonds is 6. The molecule has 2 aliphatic heterocycles. The van der Waals surface area contributed by atoms with E-state index < -0.39 is 10.0 Å². The second kappa shape index (κ2) is 6.87. The van der Waals surface area contributed by atoms with Crippen LogP contribution >= 0.6 is 0 Å². The smallest absolute Gasteiger partial charge is 0.240 e. The SMILES string of the molecule is CCOc1ccc(S(=O)(=O)N[C@H]2C[C@H]3CO[C@H](C4CC4)CN3C2)cc1. The van der Waals surface area contributed by atoms with Crippen LogP contribution in [-0.4, -0.2) is 57.8 Å². The number of fused-ring (bicyclic) bond motifs is 1. The van der Waals surface area contributed by atoms with E-state index in [1.54, 1.807) is 24.3 Å². The van der Waals surface area contributed by atoms with E-state index in [9.17, 15) is 8.42 Å². The zero-order valence-electron chi connectivity index (χ0n) is 14.6. The Bertz CT molecular complexity index is 702. The quantitative estimate of drug-likeness (QED) is 0.829. The maximum absolute atomic E-state index is 12.6. The van der Waals surface area contributed by atoms with Crippen molar-refractivity contribution in [3.8, 4) is 5.75 Å². The van der Waals surface area contributed by atoms with Crippen LogP contribution in [0, 0.1) is 5.92 Å². The van der Waals surface area contributed by atoms with Crippen molar-refractivity contribution in [2.45, 2.75) is 49.3 Å². The molecule has 3 aliphatic rings. The molecule has 0 radical (unpaired) electrons. The van der Waals surface area contributed by atoms with Crippen LogP contribution in [0.25, 0.3) is 0 Å². The van der Waals surface area contributed by atoms with E-state index in [2.05, 4.69) is 9.62 Å². The summed E-state index contributed by atoms with van der Waals surface area (Å²) >= 11 is 0. The predicted molar refractivity (Wildman–Crippen MR) is 94.2 cm³/mol. The molecule has 1 aromatic carbocycles. The van der Waals surface area contributed by atoms with Gasteiger partial charge in [-0.15, -0.1) is 0 Å². The van der Waals surface area contributed by atoms with Crippen LogP contribution in [0.15, 0.2) is 29.2 Å². The summed E-state index contributed by atoms with van der Waals surface area (Å²) in [7, 11) is -3.51. The van der Waals surface area contributed by atoms with E-state index in [-0.39, 0.29) is 10.9 Å². The number of nitrogens with zero attached hydrogens (tertiary/aromatic N) is 1. The van der Waals surface area contributed by atoms with Gasteiger partial charge in [0, 0.05) is 25.2 Å². The van der Waals surface area contributed by atoms with Gasteiger partial charge in [-0.2, -0.15) is 0 Å². The molecule has 0 unspecified atom stereocenters. The molecule has 4 rings (SSSR count). The van der Waals surface area contributed by atoms with E-state index in [0.717, 1.165) is 32.0 Å². The number of morpholine rings is 1. The van der Waals surface area contributed by atoms with Gasteiger partial charge in [-0.25, -0.2) is 13.1 Å². The van der Waals surface area contributed by atoms with E-state index in [4.69, 9.17) is 9.47 Å². The Labute approximate surface area is 149 Å². The summed E-state index contributed by atoms with van der Waals surface area (Å²) in [6.45, 7) is 4.90. The van der Waals surface area contributed by atoms with Gasteiger partial charge in [0.25, 0.3) is 0 Å². The van der Waals surface area contributed by atoms with Gasteiger partial charge in [-0.05, 0) is 56.4 Å². The topological polar surface area (TPSA) is 67.9 Å². The first-order chi connectivity index (χ1) is 12.0. The van der Waals surface area contributed by atoms with Crippen molar-refractivity contribution in [1.29, 1.82) is 0 Å². The maximum Gasteiger partial charge on any atom is 0.240 e. The minimum Gasteiger partial charge on any atom is -0.494 e. The average molecular weight is 366 g/mol. The minimum atomic E-state index is -3.51. The first kappa shape index (κ1) is 17.3. The molecule has 3 atom stereocenters. The highest BCUT2D eigenvalue weighted by Gasteiger charge is 2.43. The van der Waals surface area contributed by atoms with Gasteiger partial charge >= 0.3 is 0 Å². The fourth-order valence-electron chi connectivity index (χ4n) is 3.91. The highest BCUT2D eigenvalue weighted by atomic mass is 32.2. The van der Waals surface area contributed by atoms with Gasteiger partial charge in [0.2, 0.25) is 10.0 Å². The molecule has 0 aromatic heterocycles. The van der Waals surface area contributed by atoms with E-state index in [1.165, 1.54) is 12.8 Å². The predicted octanol–water partition coefficient (Wildman–Crippen LogP) is 1.62. The molecule has 1 saturated carbocycles. The lowest BCUT2D eigenvalue weighted by atomic mass is 10.1. The number of sulfonamides is 1. The zero-order valence-corrected chi connectivity index (χ0v) is 15.4. The van der Waals surface area contributed by atoms with Crippen molar-refractivity contribution in [3.05, 3.63) is 24.3 Å². The van der Waals surface area contributed by atoms with Gasteiger partial charge in [-0.1, -0.05) is 0 Å².